The quantitative estimate of drug-likeness (QED) is 0.758. The highest BCUT2D eigenvalue weighted by Gasteiger charge is 2.39. The molecule has 106 valence electrons. The minimum atomic E-state index is 0.663. The first-order valence-corrected chi connectivity index (χ1v) is 8.53. The molecule has 1 N–H and O–H groups in total. The van der Waals surface area contributed by atoms with Gasteiger partial charge in [0.1, 0.15) is 0 Å². The standard InChI is InChI=1S/C17H27NS/c1-5-15-16(11-17(15)18-6-2)13-7-9-14(10-8-13)19-12(3)4/h7-10,12,15-18H,5-6,11H2,1-4H3. The number of rotatable bonds is 6. The third-order valence-corrected chi connectivity index (χ3v) is 5.18. The molecule has 1 aliphatic carbocycles. The average molecular weight is 277 g/mol. The van der Waals surface area contributed by atoms with Gasteiger partial charge in [-0.3, -0.25) is 0 Å². The smallest absolute Gasteiger partial charge is 0.0107 e. The molecule has 1 aromatic carbocycles. The molecule has 0 spiro atoms. The van der Waals surface area contributed by atoms with Crippen LogP contribution in [0.4, 0.5) is 0 Å². The second-order valence-electron chi connectivity index (χ2n) is 5.81. The minimum Gasteiger partial charge on any atom is -0.314 e. The van der Waals surface area contributed by atoms with Crippen LogP contribution in [0.15, 0.2) is 29.2 Å². The van der Waals surface area contributed by atoms with Crippen molar-refractivity contribution >= 4 is 11.8 Å². The Morgan fingerprint density at radius 1 is 1.21 bits per heavy atom. The summed E-state index contributed by atoms with van der Waals surface area (Å²) >= 11 is 1.95. The Morgan fingerprint density at radius 2 is 1.89 bits per heavy atom. The van der Waals surface area contributed by atoms with E-state index < -0.39 is 0 Å². The Balaban J connectivity index is 1.99. The molecule has 1 saturated carbocycles. The van der Waals surface area contributed by atoms with E-state index in [4.69, 9.17) is 0 Å². The summed E-state index contributed by atoms with van der Waals surface area (Å²) < 4.78 is 0. The van der Waals surface area contributed by atoms with E-state index in [1.807, 2.05) is 11.8 Å². The van der Waals surface area contributed by atoms with Crippen LogP contribution in [0.2, 0.25) is 0 Å². The summed E-state index contributed by atoms with van der Waals surface area (Å²) in [5.74, 6) is 1.59. The Labute approximate surface area is 122 Å². The normalized spacial score (nSPS) is 26.5. The topological polar surface area (TPSA) is 12.0 Å². The Hall–Kier alpha value is -0.470. The van der Waals surface area contributed by atoms with Crippen LogP contribution in [0.3, 0.4) is 0 Å². The molecule has 0 heterocycles. The summed E-state index contributed by atoms with van der Waals surface area (Å²) in [5.41, 5.74) is 1.54. The third kappa shape index (κ3) is 3.55. The van der Waals surface area contributed by atoms with Crippen LogP contribution < -0.4 is 5.32 Å². The first kappa shape index (κ1) is 14.9. The van der Waals surface area contributed by atoms with Gasteiger partial charge in [-0.25, -0.2) is 0 Å². The Kier molecular flexibility index (Phi) is 5.35. The molecular weight excluding hydrogens is 250 g/mol. The summed E-state index contributed by atoms with van der Waals surface area (Å²) in [5, 5.41) is 4.28. The fourth-order valence-electron chi connectivity index (χ4n) is 3.22. The Morgan fingerprint density at radius 3 is 2.42 bits per heavy atom. The van der Waals surface area contributed by atoms with Gasteiger partial charge < -0.3 is 5.32 Å². The predicted molar refractivity (Wildman–Crippen MR) is 86.0 cm³/mol. The van der Waals surface area contributed by atoms with Gasteiger partial charge in [0.25, 0.3) is 0 Å². The van der Waals surface area contributed by atoms with Crippen molar-refractivity contribution in [1.29, 1.82) is 0 Å². The van der Waals surface area contributed by atoms with Crippen molar-refractivity contribution in [3.8, 4) is 0 Å². The van der Waals surface area contributed by atoms with Gasteiger partial charge in [-0.1, -0.05) is 46.2 Å². The summed E-state index contributed by atoms with van der Waals surface area (Å²) in [6.07, 6.45) is 2.59. The number of benzene rings is 1. The number of nitrogens with one attached hydrogen (secondary N) is 1. The van der Waals surface area contributed by atoms with E-state index in [0.29, 0.717) is 5.25 Å². The molecule has 2 rings (SSSR count). The molecule has 1 nitrogen and oxygen atoms in total. The Bertz CT molecular complexity index is 385. The molecule has 3 atom stereocenters. The van der Waals surface area contributed by atoms with Gasteiger partial charge in [-0.05, 0) is 42.5 Å². The lowest BCUT2D eigenvalue weighted by molar-refractivity contribution is 0.163. The maximum Gasteiger partial charge on any atom is 0.0107 e. The van der Waals surface area contributed by atoms with Crippen molar-refractivity contribution < 1.29 is 0 Å². The van der Waals surface area contributed by atoms with E-state index in [1.54, 1.807) is 0 Å². The lowest BCUT2D eigenvalue weighted by atomic mass is 9.65. The summed E-state index contributed by atoms with van der Waals surface area (Å²) in [7, 11) is 0. The van der Waals surface area contributed by atoms with Gasteiger partial charge in [0, 0.05) is 16.2 Å². The zero-order valence-corrected chi connectivity index (χ0v) is 13.5. The number of hydrogen-bond donors (Lipinski definition) is 1. The van der Waals surface area contributed by atoms with Gasteiger partial charge in [-0.2, -0.15) is 0 Å². The molecular formula is C17H27NS. The molecule has 2 heteroatoms. The molecule has 1 fully saturated rings. The maximum absolute atomic E-state index is 3.62. The van der Waals surface area contributed by atoms with E-state index >= 15 is 0 Å². The first-order valence-electron chi connectivity index (χ1n) is 7.65. The summed E-state index contributed by atoms with van der Waals surface area (Å²) in [6.45, 7) is 10.1. The van der Waals surface area contributed by atoms with Crippen LogP contribution in [0, 0.1) is 5.92 Å². The maximum atomic E-state index is 3.62. The molecule has 0 aliphatic heterocycles. The summed E-state index contributed by atoms with van der Waals surface area (Å²) in [6, 6.07) is 10.0. The average Bonchev–Trinajstić information content (AvgIpc) is 2.35. The van der Waals surface area contributed by atoms with E-state index in [2.05, 4.69) is 57.3 Å². The monoisotopic (exact) mass is 277 g/mol. The molecule has 19 heavy (non-hydrogen) atoms. The van der Waals surface area contributed by atoms with Crippen LogP contribution in [-0.4, -0.2) is 17.8 Å². The van der Waals surface area contributed by atoms with Gasteiger partial charge in [0.2, 0.25) is 0 Å². The molecule has 0 bridgehead atoms. The minimum absolute atomic E-state index is 0.663. The van der Waals surface area contributed by atoms with Crippen molar-refractivity contribution in [3.63, 3.8) is 0 Å². The zero-order chi connectivity index (χ0) is 13.8. The van der Waals surface area contributed by atoms with Crippen molar-refractivity contribution in [3.05, 3.63) is 29.8 Å². The lowest BCUT2D eigenvalue weighted by Crippen LogP contribution is -2.48. The second-order valence-corrected chi connectivity index (χ2v) is 7.46. The zero-order valence-electron chi connectivity index (χ0n) is 12.6. The van der Waals surface area contributed by atoms with Crippen LogP contribution in [0.1, 0.15) is 52.0 Å². The first-order chi connectivity index (χ1) is 9.15. The fraction of sp³-hybridized carbons (Fsp3) is 0.647. The van der Waals surface area contributed by atoms with Gasteiger partial charge >= 0.3 is 0 Å². The van der Waals surface area contributed by atoms with Crippen LogP contribution in [0.5, 0.6) is 0 Å². The van der Waals surface area contributed by atoms with Crippen molar-refractivity contribution in [1.82, 2.24) is 5.32 Å². The van der Waals surface area contributed by atoms with Crippen LogP contribution >= 0.6 is 11.8 Å². The van der Waals surface area contributed by atoms with E-state index in [1.165, 1.54) is 23.3 Å². The highest BCUT2D eigenvalue weighted by atomic mass is 32.2. The summed E-state index contributed by atoms with van der Waals surface area (Å²) in [4.78, 5) is 1.40. The molecule has 1 aromatic rings. The molecule has 1 aliphatic rings. The largest absolute Gasteiger partial charge is 0.314 e. The highest BCUT2D eigenvalue weighted by Crippen LogP contribution is 2.44. The SMILES string of the molecule is CCNC1CC(c2ccc(SC(C)C)cc2)C1CC. The fourth-order valence-corrected chi connectivity index (χ4v) is 4.06. The molecule has 0 amide bonds. The van der Waals surface area contributed by atoms with Crippen molar-refractivity contribution in [2.75, 3.05) is 6.54 Å². The van der Waals surface area contributed by atoms with Gasteiger partial charge in [0.05, 0.1) is 0 Å². The number of thioether (sulfide) groups is 1. The van der Waals surface area contributed by atoms with E-state index in [-0.39, 0.29) is 0 Å². The molecule has 0 saturated heterocycles. The van der Waals surface area contributed by atoms with Crippen LogP contribution in [0.25, 0.3) is 0 Å². The lowest BCUT2D eigenvalue weighted by Gasteiger charge is -2.45. The molecule has 3 unspecified atom stereocenters. The molecule has 0 aromatic heterocycles. The van der Waals surface area contributed by atoms with E-state index in [9.17, 15) is 0 Å². The van der Waals surface area contributed by atoms with Crippen LogP contribution in [-0.2, 0) is 0 Å². The van der Waals surface area contributed by atoms with Gasteiger partial charge in [-0.15, -0.1) is 11.8 Å². The van der Waals surface area contributed by atoms with Gasteiger partial charge in [0.15, 0.2) is 0 Å². The second kappa shape index (κ2) is 6.81. The van der Waals surface area contributed by atoms with E-state index in [0.717, 1.165) is 24.4 Å². The predicted octanol–water partition coefficient (Wildman–Crippen LogP) is 4.68. The highest BCUT2D eigenvalue weighted by molar-refractivity contribution is 7.99. The third-order valence-electron chi connectivity index (χ3n) is 4.16. The number of hydrogen-bond acceptors (Lipinski definition) is 2. The molecule has 0 radical (unpaired) electrons. The van der Waals surface area contributed by atoms with Crippen molar-refractivity contribution in [2.45, 2.75) is 62.6 Å². The van der Waals surface area contributed by atoms with Crippen molar-refractivity contribution in [2.24, 2.45) is 5.92 Å².